The second kappa shape index (κ2) is 6.38. The molecule has 0 aliphatic rings. The summed E-state index contributed by atoms with van der Waals surface area (Å²) in [5.74, 6) is 1.11. The Morgan fingerprint density at radius 3 is 2.71 bits per heavy atom. The molecule has 1 heterocycles. The fraction of sp³-hybridized carbons (Fsp3) is 0.231. The van der Waals surface area contributed by atoms with E-state index in [1.165, 1.54) is 12.1 Å². The third-order valence-electron chi connectivity index (χ3n) is 2.68. The Labute approximate surface area is 128 Å². The first-order chi connectivity index (χ1) is 9.88. The van der Waals surface area contributed by atoms with Crippen molar-refractivity contribution in [2.45, 2.75) is 11.4 Å². The number of sulfonamides is 1. The van der Waals surface area contributed by atoms with Crippen LogP contribution in [0.25, 0.3) is 0 Å². The van der Waals surface area contributed by atoms with Gasteiger partial charge >= 0.3 is 0 Å². The van der Waals surface area contributed by atoms with E-state index in [1.807, 2.05) is 19.0 Å². The maximum Gasteiger partial charge on any atom is 0.241 e. The van der Waals surface area contributed by atoms with Crippen molar-refractivity contribution in [1.29, 1.82) is 0 Å². The molecule has 6 nitrogen and oxygen atoms in total. The van der Waals surface area contributed by atoms with Crippen molar-refractivity contribution in [3.8, 4) is 0 Å². The van der Waals surface area contributed by atoms with E-state index in [2.05, 4.69) is 14.7 Å². The van der Waals surface area contributed by atoms with Crippen LogP contribution in [0.3, 0.4) is 0 Å². The average Bonchev–Trinajstić information content (AvgIpc) is 2.45. The molecule has 0 atom stereocenters. The zero-order chi connectivity index (χ0) is 15.5. The van der Waals surface area contributed by atoms with Crippen LogP contribution in [0, 0.1) is 0 Å². The number of rotatable bonds is 5. The fourth-order valence-corrected chi connectivity index (χ4v) is 2.88. The van der Waals surface area contributed by atoms with Gasteiger partial charge in [-0.15, -0.1) is 0 Å². The van der Waals surface area contributed by atoms with E-state index in [0.29, 0.717) is 16.7 Å². The van der Waals surface area contributed by atoms with Crippen molar-refractivity contribution in [3.63, 3.8) is 0 Å². The Hall–Kier alpha value is -1.70. The third kappa shape index (κ3) is 4.13. The monoisotopic (exact) mass is 326 g/mol. The molecule has 0 unspecified atom stereocenters. The molecule has 0 aliphatic carbocycles. The summed E-state index contributed by atoms with van der Waals surface area (Å²) < 4.78 is 26.7. The second-order valence-corrected chi connectivity index (χ2v) is 6.71. The number of nitrogens with zero attached hydrogens (tertiary/aromatic N) is 3. The van der Waals surface area contributed by atoms with Crippen molar-refractivity contribution >= 4 is 27.4 Å². The quantitative estimate of drug-likeness (QED) is 0.904. The molecule has 112 valence electrons. The first-order valence-corrected chi connectivity index (χ1v) is 7.99. The van der Waals surface area contributed by atoms with Crippen molar-refractivity contribution in [1.82, 2.24) is 14.7 Å². The zero-order valence-electron chi connectivity index (χ0n) is 11.6. The van der Waals surface area contributed by atoms with E-state index in [4.69, 9.17) is 11.6 Å². The molecule has 0 amide bonds. The summed E-state index contributed by atoms with van der Waals surface area (Å²) in [7, 11) is 0.0568. The van der Waals surface area contributed by atoms with Gasteiger partial charge in [0.05, 0.1) is 11.4 Å². The van der Waals surface area contributed by atoms with Crippen LogP contribution in [-0.4, -0.2) is 32.5 Å². The highest BCUT2D eigenvalue weighted by molar-refractivity contribution is 7.89. The Morgan fingerprint density at radius 1 is 1.29 bits per heavy atom. The minimum Gasteiger partial charge on any atom is -0.363 e. The molecule has 0 spiro atoms. The number of hydrogen-bond donors (Lipinski definition) is 1. The summed E-state index contributed by atoms with van der Waals surface area (Å²) >= 11 is 5.80. The molecule has 21 heavy (non-hydrogen) atoms. The standard InChI is InChI=1S/C13H15ClN4O2S/c1-18(2)13-6-7-15-12(17-13)9-16-21(19,20)11-5-3-4-10(14)8-11/h3-8,16H,9H2,1-2H3. The molecule has 0 saturated heterocycles. The lowest BCUT2D eigenvalue weighted by Crippen LogP contribution is -2.24. The summed E-state index contributed by atoms with van der Waals surface area (Å²) in [5, 5.41) is 0.365. The van der Waals surface area contributed by atoms with Crippen LogP contribution in [0.1, 0.15) is 5.82 Å². The van der Waals surface area contributed by atoms with Crippen LogP contribution in [0.2, 0.25) is 5.02 Å². The highest BCUT2D eigenvalue weighted by Crippen LogP contribution is 2.15. The SMILES string of the molecule is CN(C)c1ccnc(CNS(=O)(=O)c2cccc(Cl)c2)n1. The van der Waals surface area contributed by atoms with Crippen LogP contribution in [0.4, 0.5) is 5.82 Å². The molecule has 1 N–H and O–H groups in total. The van der Waals surface area contributed by atoms with Gasteiger partial charge in [-0.1, -0.05) is 17.7 Å². The highest BCUT2D eigenvalue weighted by Gasteiger charge is 2.14. The fourth-order valence-electron chi connectivity index (χ4n) is 1.60. The van der Waals surface area contributed by atoms with Gasteiger partial charge < -0.3 is 4.90 Å². The molecule has 0 saturated carbocycles. The second-order valence-electron chi connectivity index (χ2n) is 4.51. The minimum atomic E-state index is -3.64. The van der Waals surface area contributed by atoms with Gasteiger partial charge in [-0.2, -0.15) is 0 Å². The predicted octanol–water partition coefficient (Wildman–Crippen LogP) is 1.67. The maximum absolute atomic E-state index is 12.1. The zero-order valence-corrected chi connectivity index (χ0v) is 13.2. The van der Waals surface area contributed by atoms with Crippen LogP contribution in [-0.2, 0) is 16.6 Å². The Bertz CT molecular complexity index is 734. The molecule has 8 heteroatoms. The Kier molecular flexibility index (Phi) is 4.76. The number of benzene rings is 1. The van der Waals surface area contributed by atoms with E-state index < -0.39 is 10.0 Å². The molecule has 2 rings (SSSR count). The molecule has 1 aromatic heterocycles. The molecule has 0 bridgehead atoms. The first-order valence-electron chi connectivity index (χ1n) is 6.13. The smallest absolute Gasteiger partial charge is 0.241 e. The topological polar surface area (TPSA) is 75.2 Å². The molecular weight excluding hydrogens is 312 g/mol. The largest absolute Gasteiger partial charge is 0.363 e. The minimum absolute atomic E-state index is 0.0104. The molecular formula is C13H15ClN4O2S. The lowest BCUT2D eigenvalue weighted by molar-refractivity contribution is 0.579. The van der Waals surface area contributed by atoms with Gasteiger partial charge in [-0.3, -0.25) is 0 Å². The summed E-state index contributed by atoms with van der Waals surface area (Å²) in [4.78, 5) is 10.2. The van der Waals surface area contributed by atoms with Gasteiger partial charge in [0.2, 0.25) is 10.0 Å². The van der Waals surface area contributed by atoms with E-state index in [9.17, 15) is 8.42 Å². The van der Waals surface area contributed by atoms with Crippen molar-refractivity contribution in [2.75, 3.05) is 19.0 Å². The summed E-state index contributed by atoms with van der Waals surface area (Å²) in [6, 6.07) is 7.81. The normalized spacial score (nSPS) is 11.4. The number of anilines is 1. The Morgan fingerprint density at radius 2 is 2.05 bits per heavy atom. The highest BCUT2D eigenvalue weighted by atomic mass is 35.5. The van der Waals surface area contributed by atoms with Gasteiger partial charge in [0.1, 0.15) is 11.6 Å². The van der Waals surface area contributed by atoms with Gasteiger partial charge in [0.15, 0.2) is 0 Å². The van der Waals surface area contributed by atoms with Gasteiger partial charge in [0, 0.05) is 25.3 Å². The predicted molar refractivity (Wildman–Crippen MR) is 81.8 cm³/mol. The van der Waals surface area contributed by atoms with E-state index in [1.54, 1.807) is 24.4 Å². The van der Waals surface area contributed by atoms with Crippen molar-refractivity contribution in [3.05, 3.63) is 47.4 Å². The maximum atomic E-state index is 12.1. The number of halogens is 1. The Balaban J connectivity index is 2.14. The van der Waals surface area contributed by atoms with Gasteiger partial charge in [-0.05, 0) is 24.3 Å². The first kappa shape index (κ1) is 15.7. The molecule has 0 radical (unpaired) electrons. The summed E-state index contributed by atoms with van der Waals surface area (Å²) in [6.07, 6.45) is 1.59. The number of hydrogen-bond acceptors (Lipinski definition) is 5. The number of aromatic nitrogens is 2. The van der Waals surface area contributed by atoms with Gasteiger partial charge in [0.25, 0.3) is 0 Å². The molecule has 2 aromatic rings. The van der Waals surface area contributed by atoms with E-state index in [-0.39, 0.29) is 11.4 Å². The lowest BCUT2D eigenvalue weighted by Gasteiger charge is -2.12. The molecule has 1 aromatic carbocycles. The van der Waals surface area contributed by atoms with Crippen LogP contribution < -0.4 is 9.62 Å². The lowest BCUT2D eigenvalue weighted by atomic mass is 10.4. The number of nitrogens with one attached hydrogen (secondary N) is 1. The van der Waals surface area contributed by atoms with Gasteiger partial charge in [-0.25, -0.2) is 23.1 Å². The van der Waals surface area contributed by atoms with E-state index in [0.717, 1.165) is 0 Å². The van der Waals surface area contributed by atoms with Crippen molar-refractivity contribution < 1.29 is 8.42 Å². The van der Waals surface area contributed by atoms with E-state index >= 15 is 0 Å². The third-order valence-corrected chi connectivity index (χ3v) is 4.31. The average molecular weight is 327 g/mol. The molecule has 0 fully saturated rings. The van der Waals surface area contributed by atoms with Crippen LogP contribution in [0.15, 0.2) is 41.4 Å². The van der Waals surface area contributed by atoms with Crippen LogP contribution >= 0.6 is 11.6 Å². The summed E-state index contributed by atoms with van der Waals surface area (Å²) in [6.45, 7) is 0.0104. The van der Waals surface area contributed by atoms with Crippen molar-refractivity contribution in [2.24, 2.45) is 0 Å². The summed E-state index contributed by atoms with van der Waals surface area (Å²) in [5.41, 5.74) is 0. The van der Waals surface area contributed by atoms with Crippen LogP contribution in [0.5, 0.6) is 0 Å². The molecule has 0 aliphatic heterocycles.